The molecule has 0 saturated heterocycles. The Bertz CT molecular complexity index is 523. The van der Waals surface area contributed by atoms with Crippen LogP contribution in [0, 0.1) is 0 Å². The summed E-state index contributed by atoms with van der Waals surface area (Å²) in [6, 6.07) is 7.02. The van der Waals surface area contributed by atoms with E-state index in [1.807, 2.05) is 0 Å². The number of rotatable bonds is 5. The first kappa shape index (κ1) is 16.9. The molecule has 0 spiro atoms. The summed E-state index contributed by atoms with van der Waals surface area (Å²) in [4.78, 5) is 13.1. The Hall–Kier alpha value is -2.12. The lowest BCUT2D eigenvalue weighted by molar-refractivity contribution is -0.378. The third-order valence-electron chi connectivity index (χ3n) is 2.20. The average molecular weight is 309 g/mol. The number of Topliss-reactive ketones (excluding diaryl/α,β-unsaturated/α-hetero) is 1. The molecule has 0 aliphatic rings. The van der Waals surface area contributed by atoms with Crippen LogP contribution in [-0.4, -0.2) is 37.1 Å². The highest BCUT2D eigenvalue weighted by Gasteiger charge is 2.61. The van der Waals surface area contributed by atoms with Gasteiger partial charge in [-0.1, -0.05) is 30.3 Å². The first-order valence-corrected chi connectivity index (χ1v) is 5.66. The zero-order chi connectivity index (χ0) is 16.3. The van der Waals surface area contributed by atoms with E-state index in [4.69, 9.17) is 0 Å². The van der Waals surface area contributed by atoms with Gasteiger partial charge in [0, 0.05) is 25.9 Å². The van der Waals surface area contributed by atoms with Crippen molar-refractivity contribution in [1.29, 1.82) is 0 Å². The van der Waals surface area contributed by atoms with Gasteiger partial charge in [0.1, 0.15) is 0 Å². The predicted molar refractivity (Wildman–Crippen MR) is 64.6 cm³/mol. The molecule has 8 heteroatoms. The number of allylic oxidation sites excluding steroid dienone is 1. The highest BCUT2D eigenvalue weighted by molar-refractivity contribution is 6.07. The fourth-order valence-corrected chi connectivity index (χ4v) is 1.29. The van der Waals surface area contributed by atoms with E-state index in [2.05, 4.69) is 4.74 Å². The monoisotopic (exact) mass is 309 g/mol. The average Bonchev–Trinajstić information content (AvgIpc) is 2.36. The number of carbonyl (C=O) groups is 1. The highest BCUT2D eigenvalue weighted by atomic mass is 19.4. The van der Waals surface area contributed by atoms with Gasteiger partial charge in [-0.05, 0) is 0 Å². The second kappa shape index (κ2) is 6.11. The lowest BCUT2D eigenvalue weighted by Gasteiger charge is -2.22. The van der Waals surface area contributed by atoms with Crippen LogP contribution in [-0.2, 0) is 4.74 Å². The fourth-order valence-electron chi connectivity index (χ4n) is 1.29. The van der Waals surface area contributed by atoms with E-state index in [0.29, 0.717) is 0 Å². The second-order valence-corrected chi connectivity index (χ2v) is 4.27. The van der Waals surface area contributed by atoms with Gasteiger partial charge in [-0.2, -0.15) is 22.0 Å². The topological polar surface area (TPSA) is 29.5 Å². The molecular weight excluding hydrogens is 297 g/mol. The Morgan fingerprint density at radius 1 is 1.10 bits per heavy atom. The molecule has 0 saturated carbocycles. The molecule has 21 heavy (non-hydrogen) atoms. The quantitative estimate of drug-likeness (QED) is 0.361. The maximum atomic E-state index is 12.9. The van der Waals surface area contributed by atoms with Crippen LogP contribution in [0.25, 0.3) is 0 Å². The number of hydrogen-bond donors (Lipinski definition) is 0. The molecule has 1 rings (SSSR count). The van der Waals surface area contributed by atoms with Gasteiger partial charge in [0.2, 0.25) is 5.78 Å². The van der Waals surface area contributed by atoms with Crippen molar-refractivity contribution in [2.24, 2.45) is 0 Å². The number of ketones is 1. The Morgan fingerprint density at radius 3 is 2.05 bits per heavy atom. The van der Waals surface area contributed by atoms with Gasteiger partial charge in [0.05, 0.1) is 0 Å². The zero-order valence-corrected chi connectivity index (χ0v) is 11.1. The number of halogens is 5. The summed E-state index contributed by atoms with van der Waals surface area (Å²) in [5.74, 6) is -2.18. The molecule has 3 nitrogen and oxygen atoms in total. The molecule has 1 aromatic carbocycles. The minimum atomic E-state index is -5.92. The normalized spacial score (nSPS) is 13.0. The van der Waals surface area contributed by atoms with E-state index >= 15 is 0 Å². The number of benzene rings is 1. The van der Waals surface area contributed by atoms with Crippen LogP contribution >= 0.6 is 0 Å². The van der Waals surface area contributed by atoms with E-state index in [-0.39, 0.29) is 5.56 Å². The van der Waals surface area contributed by atoms with Crippen molar-refractivity contribution in [3.05, 3.63) is 47.9 Å². The molecule has 1 aromatic rings. The van der Waals surface area contributed by atoms with Gasteiger partial charge >= 0.3 is 12.3 Å². The van der Waals surface area contributed by atoms with Crippen LogP contribution in [0.2, 0.25) is 0 Å². The molecule has 0 bridgehead atoms. The summed E-state index contributed by atoms with van der Waals surface area (Å²) in [5, 5.41) is 0. The zero-order valence-electron chi connectivity index (χ0n) is 11.1. The van der Waals surface area contributed by atoms with Gasteiger partial charge < -0.3 is 9.64 Å². The van der Waals surface area contributed by atoms with E-state index in [9.17, 15) is 26.7 Å². The maximum absolute atomic E-state index is 12.9. The van der Waals surface area contributed by atoms with Crippen LogP contribution in [0.1, 0.15) is 10.4 Å². The van der Waals surface area contributed by atoms with Crippen molar-refractivity contribution in [2.75, 3.05) is 14.1 Å². The van der Waals surface area contributed by atoms with Crippen LogP contribution in [0.4, 0.5) is 22.0 Å². The van der Waals surface area contributed by atoms with Crippen LogP contribution in [0.15, 0.2) is 42.3 Å². The van der Waals surface area contributed by atoms with Gasteiger partial charge in [-0.25, -0.2) is 0 Å². The van der Waals surface area contributed by atoms with Gasteiger partial charge in [0.25, 0.3) is 0 Å². The first-order valence-electron chi connectivity index (χ1n) is 5.66. The smallest absolute Gasteiger partial charge is 0.420 e. The van der Waals surface area contributed by atoms with Gasteiger partial charge in [0.15, 0.2) is 5.76 Å². The molecular formula is C13H12F5NO2. The minimum absolute atomic E-state index is 0.0661. The van der Waals surface area contributed by atoms with Crippen LogP contribution < -0.4 is 0 Å². The molecule has 0 aromatic heterocycles. The molecule has 0 amide bonds. The second-order valence-electron chi connectivity index (χ2n) is 4.27. The number of hydrogen-bond acceptors (Lipinski definition) is 3. The SMILES string of the molecule is CN(C)/C=C(\OC(F)(F)C(F)(F)F)C(=O)c1ccccc1. The van der Waals surface area contributed by atoms with Crippen molar-refractivity contribution in [2.45, 2.75) is 12.3 Å². The molecule has 0 radical (unpaired) electrons. The van der Waals surface area contributed by atoms with Gasteiger partial charge in [-0.15, -0.1) is 0 Å². The molecule has 116 valence electrons. The highest BCUT2D eigenvalue weighted by Crippen LogP contribution is 2.38. The third kappa shape index (κ3) is 4.44. The van der Waals surface area contributed by atoms with E-state index < -0.39 is 23.8 Å². The first-order chi connectivity index (χ1) is 9.54. The standard InChI is InChI=1S/C13H12F5NO2/c1-19(2)8-10(21-13(17,18)12(14,15)16)11(20)9-6-4-3-5-7-9/h3-8H,1-2H3/b10-8-. The van der Waals surface area contributed by atoms with Crippen molar-refractivity contribution in [3.63, 3.8) is 0 Å². The lowest BCUT2D eigenvalue weighted by Crippen LogP contribution is -2.40. The molecule has 0 fully saturated rings. The van der Waals surface area contributed by atoms with E-state index in [0.717, 1.165) is 11.1 Å². The van der Waals surface area contributed by atoms with Gasteiger partial charge in [-0.3, -0.25) is 4.79 Å². The van der Waals surface area contributed by atoms with Crippen molar-refractivity contribution in [3.8, 4) is 0 Å². The fraction of sp³-hybridized carbons (Fsp3) is 0.308. The van der Waals surface area contributed by atoms with Crippen LogP contribution in [0.3, 0.4) is 0 Å². The largest absolute Gasteiger partial charge is 0.499 e. The van der Waals surface area contributed by atoms with Crippen molar-refractivity contribution in [1.82, 2.24) is 4.90 Å². The Kier molecular flexibility index (Phi) is 4.93. The van der Waals surface area contributed by atoms with Crippen molar-refractivity contribution >= 4 is 5.78 Å². The number of alkyl halides is 5. The van der Waals surface area contributed by atoms with Crippen molar-refractivity contribution < 1.29 is 31.5 Å². The van der Waals surface area contributed by atoms with E-state index in [1.54, 1.807) is 6.07 Å². The maximum Gasteiger partial charge on any atom is 0.499 e. The summed E-state index contributed by atoms with van der Waals surface area (Å²) in [5.41, 5.74) is -0.0661. The molecule has 0 N–H and O–H groups in total. The summed E-state index contributed by atoms with van der Waals surface area (Å²) in [6.07, 6.45) is -10.6. The summed E-state index contributed by atoms with van der Waals surface area (Å²) in [6.45, 7) is 0. The molecule has 0 aliphatic heterocycles. The number of nitrogens with zero attached hydrogens (tertiary/aromatic N) is 1. The summed E-state index contributed by atoms with van der Waals surface area (Å²) in [7, 11) is 2.71. The Labute approximate surface area is 117 Å². The van der Waals surface area contributed by atoms with Crippen LogP contribution in [0.5, 0.6) is 0 Å². The molecule has 0 atom stereocenters. The third-order valence-corrected chi connectivity index (χ3v) is 2.20. The lowest BCUT2D eigenvalue weighted by atomic mass is 10.1. The summed E-state index contributed by atoms with van der Waals surface area (Å²) < 4.78 is 66.0. The number of ether oxygens (including phenoxy) is 1. The Balaban J connectivity index is 3.12. The number of carbonyl (C=O) groups excluding carboxylic acids is 1. The predicted octanol–water partition coefficient (Wildman–Crippen LogP) is 3.44. The Morgan fingerprint density at radius 2 is 1.62 bits per heavy atom. The minimum Gasteiger partial charge on any atom is -0.420 e. The summed E-state index contributed by atoms with van der Waals surface area (Å²) >= 11 is 0. The van der Waals surface area contributed by atoms with E-state index in [1.165, 1.54) is 38.4 Å². The molecule has 0 heterocycles. The molecule has 0 aliphatic carbocycles. The molecule has 0 unspecified atom stereocenters.